The van der Waals surface area contributed by atoms with Gasteiger partial charge in [0.15, 0.2) is 0 Å². The Morgan fingerprint density at radius 2 is 1.68 bits per heavy atom. The van der Waals surface area contributed by atoms with Crippen LogP contribution >= 0.6 is 11.6 Å². The van der Waals surface area contributed by atoms with E-state index in [4.69, 9.17) is 21.1 Å². The summed E-state index contributed by atoms with van der Waals surface area (Å²) >= 11 is 5.67. The quantitative estimate of drug-likeness (QED) is 0.160. The highest BCUT2D eigenvalue weighted by Gasteiger charge is 2.23. The van der Waals surface area contributed by atoms with Crippen LogP contribution < -0.4 is 10.1 Å². The second kappa shape index (κ2) is 11.8. The molecule has 0 aliphatic carbocycles. The zero-order chi connectivity index (χ0) is 26.4. The minimum absolute atomic E-state index is 0.213. The molecule has 0 fully saturated rings. The molecule has 190 valence electrons. The largest absolute Gasteiger partial charge is 0.462 e. The molecule has 0 aliphatic rings. The van der Waals surface area contributed by atoms with E-state index in [1.165, 1.54) is 0 Å². The number of aromatic nitrogens is 1. The van der Waals surface area contributed by atoms with Crippen LogP contribution in [0.3, 0.4) is 0 Å². The molecule has 0 bridgehead atoms. The van der Waals surface area contributed by atoms with Gasteiger partial charge in [-0.3, -0.25) is 4.79 Å². The van der Waals surface area contributed by atoms with Gasteiger partial charge in [-0.25, -0.2) is 9.59 Å². The minimum Gasteiger partial charge on any atom is -0.462 e. The Labute approximate surface area is 219 Å². The van der Waals surface area contributed by atoms with Gasteiger partial charge in [0, 0.05) is 29.1 Å². The Morgan fingerprint density at radius 1 is 0.946 bits per heavy atom. The molecule has 0 atom stereocenters. The second-order valence-corrected chi connectivity index (χ2v) is 8.68. The lowest BCUT2D eigenvalue weighted by Gasteiger charge is -2.11. The number of para-hydroxylation sites is 2. The standard InChI is InChI=1S/C29H27ClN2O5/c1-3-36-29(35)27-19(2)32(20-10-5-4-6-11-20)25-16-15-21(18-23(25)27)37-28(34)22-12-7-8-13-24(22)31-26(33)14-9-17-30/h4-8,10-13,15-16,18H,3,9,14,17H2,1-2H3,(H,31,33). The summed E-state index contributed by atoms with van der Waals surface area (Å²) in [7, 11) is 0. The Bertz CT molecular complexity index is 1450. The summed E-state index contributed by atoms with van der Waals surface area (Å²) in [5.74, 6) is -0.688. The van der Waals surface area contributed by atoms with Crippen LogP contribution in [0.4, 0.5) is 5.69 Å². The maximum atomic E-state index is 13.1. The Hall–Kier alpha value is -4.10. The third-order valence-electron chi connectivity index (χ3n) is 5.84. The average Bonchev–Trinajstić information content (AvgIpc) is 3.19. The van der Waals surface area contributed by atoms with E-state index in [2.05, 4.69) is 5.32 Å². The number of nitrogens with zero attached hydrogens (tertiary/aromatic N) is 1. The van der Waals surface area contributed by atoms with E-state index in [1.54, 1.807) is 49.4 Å². The number of ether oxygens (including phenoxy) is 2. The topological polar surface area (TPSA) is 86.6 Å². The monoisotopic (exact) mass is 518 g/mol. The van der Waals surface area contributed by atoms with Gasteiger partial charge >= 0.3 is 11.9 Å². The molecule has 1 aromatic heterocycles. The molecule has 8 heteroatoms. The first-order valence-corrected chi connectivity index (χ1v) is 12.5. The van der Waals surface area contributed by atoms with Gasteiger partial charge in [0.2, 0.25) is 5.91 Å². The SMILES string of the molecule is CCOC(=O)c1c(C)n(-c2ccccc2)c2ccc(OC(=O)c3ccccc3NC(=O)CCCCl)cc12. The van der Waals surface area contributed by atoms with Crippen molar-refractivity contribution in [3.8, 4) is 11.4 Å². The molecule has 1 N–H and O–H groups in total. The third-order valence-corrected chi connectivity index (χ3v) is 6.11. The van der Waals surface area contributed by atoms with Crippen molar-refractivity contribution in [2.75, 3.05) is 17.8 Å². The van der Waals surface area contributed by atoms with Crippen molar-refractivity contribution in [3.63, 3.8) is 0 Å². The molecule has 7 nitrogen and oxygen atoms in total. The number of anilines is 1. The number of rotatable bonds is 9. The molecule has 3 aromatic carbocycles. The molecular weight excluding hydrogens is 492 g/mol. The first-order chi connectivity index (χ1) is 17.9. The van der Waals surface area contributed by atoms with E-state index in [0.717, 1.165) is 11.2 Å². The summed E-state index contributed by atoms with van der Waals surface area (Å²) in [5, 5.41) is 3.35. The molecule has 0 spiro atoms. The van der Waals surface area contributed by atoms with E-state index in [0.29, 0.717) is 34.6 Å². The van der Waals surface area contributed by atoms with E-state index < -0.39 is 11.9 Å². The molecule has 0 aliphatic heterocycles. The van der Waals surface area contributed by atoms with Crippen LogP contribution in [0.25, 0.3) is 16.6 Å². The molecule has 4 rings (SSSR count). The van der Waals surface area contributed by atoms with Gasteiger partial charge in [-0.1, -0.05) is 30.3 Å². The van der Waals surface area contributed by atoms with Gasteiger partial charge in [0.1, 0.15) is 5.75 Å². The number of esters is 2. The fourth-order valence-corrected chi connectivity index (χ4v) is 4.34. The lowest BCUT2D eigenvalue weighted by Crippen LogP contribution is -2.16. The summed E-state index contributed by atoms with van der Waals surface area (Å²) in [5.41, 5.74) is 3.36. The van der Waals surface area contributed by atoms with Crippen molar-refractivity contribution in [2.45, 2.75) is 26.7 Å². The Morgan fingerprint density at radius 3 is 2.41 bits per heavy atom. The van der Waals surface area contributed by atoms with Crippen LogP contribution in [-0.2, 0) is 9.53 Å². The number of fused-ring (bicyclic) bond motifs is 1. The van der Waals surface area contributed by atoms with Crippen molar-refractivity contribution >= 4 is 46.0 Å². The van der Waals surface area contributed by atoms with Gasteiger partial charge in [0.05, 0.1) is 28.9 Å². The zero-order valence-electron chi connectivity index (χ0n) is 20.6. The molecule has 0 radical (unpaired) electrons. The maximum Gasteiger partial charge on any atom is 0.345 e. The molecule has 1 heterocycles. The average molecular weight is 519 g/mol. The lowest BCUT2D eigenvalue weighted by atomic mass is 10.1. The molecule has 1 amide bonds. The fourth-order valence-electron chi connectivity index (χ4n) is 4.20. The van der Waals surface area contributed by atoms with Crippen LogP contribution in [0.2, 0.25) is 0 Å². The van der Waals surface area contributed by atoms with Crippen molar-refractivity contribution in [1.82, 2.24) is 4.57 Å². The Balaban J connectivity index is 1.70. The van der Waals surface area contributed by atoms with Gasteiger partial charge in [-0.2, -0.15) is 0 Å². The molecule has 0 saturated heterocycles. The van der Waals surface area contributed by atoms with Gasteiger partial charge in [-0.15, -0.1) is 11.6 Å². The lowest BCUT2D eigenvalue weighted by molar-refractivity contribution is -0.116. The first-order valence-electron chi connectivity index (χ1n) is 12.0. The molecule has 0 unspecified atom stereocenters. The fraction of sp³-hybridized carbons (Fsp3) is 0.207. The second-order valence-electron chi connectivity index (χ2n) is 8.31. The number of carbonyl (C=O) groups is 3. The third kappa shape index (κ3) is 5.67. The van der Waals surface area contributed by atoms with Crippen LogP contribution in [0.5, 0.6) is 5.75 Å². The predicted molar refractivity (Wildman–Crippen MR) is 144 cm³/mol. The van der Waals surface area contributed by atoms with Gasteiger partial charge < -0.3 is 19.4 Å². The highest BCUT2D eigenvalue weighted by Crippen LogP contribution is 2.33. The maximum absolute atomic E-state index is 13.1. The van der Waals surface area contributed by atoms with E-state index in [9.17, 15) is 14.4 Å². The van der Waals surface area contributed by atoms with E-state index in [-0.39, 0.29) is 30.2 Å². The number of halogens is 1. The van der Waals surface area contributed by atoms with Crippen molar-refractivity contribution in [3.05, 3.63) is 89.6 Å². The summed E-state index contributed by atoms with van der Waals surface area (Å²) in [6.07, 6.45) is 0.781. The predicted octanol–water partition coefficient (Wildman–Crippen LogP) is 6.29. The molecule has 37 heavy (non-hydrogen) atoms. The highest BCUT2D eigenvalue weighted by atomic mass is 35.5. The Kier molecular flexibility index (Phi) is 8.25. The number of benzene rings is 3. The van der Waals surface area contributed by atoms with Gasteiger partial charge in [-0.05, 0) is 62.7 Å². The number of nitrogens with one attached hydrogen (secondary N) is 1. The van der Waals surface area contributed by atoms with E-state index >= 15 is 0 Å². The zero-order valence-corrected chi connectivity index (χ0v) is 21.4. The number of amides is 1. The van der Waals surface area contributed by atoms with Crippen LogP contribution in [0.1, 0.15) is 46.2 Å². The molecule has 0 saturated carbocycles. The summed E-state index contributed by atoms with van der Waals surface area (Å²) in [6, 6.07) is 21.5. The number of hydrogen-bond acceptors (Lipinski definition) is 5. The van der Waals surface area contributed by atoms with Crippen LogP contribution in [0, 0.1) is 6.92 Å². The van der Waals surface area contributed by atoms with Crippen molar-refractivity contribution in [2.24, 2.45) is 0 Å². The normalized spacial score (nSPS) is 10.8. The summed E-state index contributed by atoms with van der Waals surface area (Å²) in [6.45, 7) is 3.84. The van der Waals surface area contributed by atoms with Crippen LogP contribution in [-0.4, -0.2) is 34.9 Å². The smallest absolute Gasteiger partial charge is 0.345 e. The van der Waals surface area contributed by atoms with Crippen molar-refractivity contribution in [1.29, 1.82) is 0 Å². The number of alkyl halides is 1. The first kappa shape index (κ1) is 26.0. The molecular formula is C29H27ClN2O5. The minimum atomic E-state index is -0.635. The van der Waals surface area contributed by atoms with Crippen LogP contribution in [0.15, 0.2) is 72.8 Å². The summed E-state index contributed by atoms with van der Waals surface area (Å²) in [4.78, 5) is 38.2. The van der Waals surface area contributed by atoms with Crippen molar-refractivity contribution < 1.29 is 23.9 Å². The molecule has 4 aromatic rings. The van der Waals surface area contributed by atoms with E-state index in [1.807, 2.05) is 41.8 Å². The summed E-state index contributed by atoms with van der Waals surface area (Å²) < 4.78 is 13.0. The highest BCUT2D eigenvalue weighted by molar-refractivity contribution is 6.18. The van der Waals surface area contributed by atoms with Gasteiger partial charge in [0.25, 0.3) is 0 Å². The number of hydrogen-bond donors (Lipinski definition) is 1. The number of carbonyl (C=O) groups excluding carboxylic acids is 3.